The Morgan fingerprint density at radius 3 is 2.38 bits per heavy atom. The van der Waals surface area contributed by atoms with Crippen LogP contribution in [0.2, 0.25) is 0 Å². The molecule has 3 heteroatoms. The molecular weight excluding hydrogens is 198 g/mol. The normalized spacial score (nSPS) is 16.3. The minimum atomic E-state index is 1.00. The van der Waals surface area contributed by atoms with Crippen LogP contribution < -0.4 is 5.32 Å². The molecule has 0 heterocycles. The van der Waals surface area contributed by atoms with Gasteiger partial charge in [-0.25, -0.2) is 0 Å². The van der Waals surface area contributed by atoms with Crippen LogP contribution in [0.5, 0.6) is 0 Å². The summed E-state index contributed by atoms with van der Waals surface area (Å²) in [4.78, 5) is 4.83. The first-order chi connectivity index (χ1) is 7.72. The molecule has 0 aromatic rings. The molecule has 1 aliphatic rings. The van der Waals surface area contributed by atoms with Crippen molar-refractivity contribution >= 4 is 0 Å². The van der Waals surface area contributed by atoms with Crippen LogP contribution >= 0.6 is 0 Å². The fraction of sp³-hybridized carbons (Fsp3) is 1.00. The molecule has 16 heavy (non-hydrogen) atoms. The average molecular weight is 227 g/mol. The number of hydrogen-bond donors (Lipinski definition) is 1. The van der Waals surface area contributed by atoms with Crippen molar-refractivity contribution in [2.24, 2.45) is 5.92 Å². The van der Waals surface area contributed by atoms with Crippen molar-refractivity contribution in [2.75, 3.05) is 53.4 Å². The second kappa shape index (κ2) is 8.04. The minimum Gasteiger partial charge on any atom is -0.315 e. The highest BCUT2D eigenvalue weighted by atomic mass is 15.2. The lowest BCUT2D eigenvalue weighted by atomic mass is 10.3. The van der Waals surface area contributed by atoms with E-state index in [1.54, 1.807) is 0 Å². The summed E-state index contributed by atoms with van der Waals surface area (Å²) in [5.41, 5.74) is 0. The molecule has 0 unspecified atom stereocenters. The first kappa shape index (κ1) is 13.9. The van der Waals surface area contributed by atoms with Crippen molar-refractivity contribution in [1.29, 1.82) is 0 Å². The van der Waals surface area contributed by atoms with Gasteiger partial charge in [0.2, 0.25) is 0 Å². The highest BCUT2D eigenvalue weighted by molar-refractivity contribution is 4.75. The number of nitrogens with one attached hydrogen (secondary N) is 1. The van der Waals surface area contributed by atoms with Gasteiger partial charge in [-0.1, -0.05) is 6.92 Å². The van der Waals surface area contributed by atoms with Crippen LogP contribution in [0.15, 0.2) is 0 Å². The van der Waals surface area contributed by atoms with Gasteiger partial charge in [-0.15, -0.1) is 0 Å². The van der Waals surface area contributed by atoms with E-state index in [0.29, 0.717) is 0 Å². The first-order valence-corrected chi connectivity index (χ1v) is 6.80. The van der Waals surface area contributed by atoms with E-state index in [2.05, 4.69) is 36.1 Å². The lowest BCUT2D eigenvalue weighted by molar-refractivity contribution is 0.241. The smallest absolute Gasteiger partial charge is 0.0110 e. The van der Waals surface area contributed by atoms with Crippen LogP contribution in [0.4, 0.5) is 0 Å². The molecule has 0 aromatic heterocycles. The van der Waals surface area contributed by atoms with Gasteiger partial charge in [0, 0.05) is 26.2 Å². The summed E-state index contributed by atoms with van der Waals surface area (Å²) in [7, 11) is 4.30. The van der Waals surface area contributed by atoms with E-state index in [9.17, 15) is 0 Å². The lowest BCUT2D eigenvalue weighted by Gasteiger charge is -2.23. The van der Waals surface area contributed by atoms with Gasteiger partial charge in [-0.05, 0) is 52.4 Å². The zero-order chi connectivity index (χ0) is 11.8. The summed E-state index contributed by atoms with van der Waals surface area (Å²) in [5, 5.41) is 3.57. The van der Waals surface area contributed by atoms with Crippen LogP contribution in [0.25, 0.3) is 0 Å². The maximum Gasteiger partial charge on any atom is 0.0110 e. The maximum atomic E-state index is 3.57. The van der Waals surface area contributed by atoms with Crippen molar-refractivity contribution in [3.63, 3.8) is 0 Å². The molecule has 0 bridgehead atoms. The second-order valence-electron chi connectivity index (χ2n) is 5.29. The quantitative estimate of drug-likeness (QED) is 0.567. The SMILES string of the molecule is CCCN(CCNCC1CC1)CCN(C)C. The van der Waals surface area contributed by atoms with E-state index < -0.39 is 0 Å². The summed E-state index contributed by atoms with van der Waals surface area (Å²) >= 11 is 0. The van der Waals surface area contributed by atoms with Crippen molar-refractivity contribution in [3.8, 4) is 0 Å². The molecular formula is C13H29N3. The molecule has 0 saturated heterocycles. The van der Waals surface area contributed by atoms with Crippen molar-refractivity contribution in [2.45, 2.75) is 26.2 Å². The molecule has 1 saturated carbocycles. The largest absolute Gasteiger partial charge is 0.315 e. The van der Waals surface area contributed by atoms with Crippen LogP contribution in [-0.2, 0) is 0 Å². The Bertz CT molecular complexity index is 167. The van der Waals surface area contributed by atoms with Gasteiger partial charge in [0.1, 0.15) is 0 Å². The Balaban J connectivity index is 2.00. The predicted octanol–water partition coefficient (Wildman–Crippen LogP) is 1.26. The lowest BCUT2D eigenvalue weighted by Crippen LogP contribution is -2.37. The van der Waals surface area contributed by atoms with E-state index in [1.165, 1.54) is 52.0 Å². The number of likely N-dealkylation sites (N-methyl/N-ethyl adjacent to an activating group) is 1. The zero-order valence-corrected chi connectivity index (χ0v) is 11.3. The number of nitrogens with zero attached hydrogens (tertiary/aromatic N) is 2. The van der Waals surface area contributed by atoms with Crippen LogP contribution in [0.1, 0.15) is 26.2 Å². The minimum absolute atomic E-state index is 1.00. The molecule has 1 rings (SSSR count). The molecule has 0 spiro atoms. The Morgan fingerprint density at radius 1 is 1.06 bits per heavy atom. The van der Waals surface area contributed by atoms with Gasteiger partial charge < -0.3 is 15.1 Å². The molecule has 0 atom stereocenters. The zero-order valence-electron chi connectivity index (χ0n) is 11.3. The van der Waals surface area contributed by atoms with Gasteiger partial charge in [0.25, 0.3) is 0 Å². The fourth-order valence-electron chi connectivity index (χ4n) is 1.86. The van der Waals surface area contributed by atoms with Gasteiger partial charge in [-0.2, -0.15) is 0 Å². The second-order valence-corrected chi connectivity index (χ2v) is 5.29. The monoisotopic (exact) mass is 227 g/mol. The Kier molecular flexibility index (Phi) is 7.01. The molecule has 3 nitrogen and oxygen atoms in total. The van der Waals surface area contributed by atoms with E-state index in [-0.39, 0.29) is 0 Å². The highest BCUT2D eigenvalue weighted by Gasteiger charge is 2.20. The summed E-state index contributed by atoms with van der Waals surface area (Å²) in [6.07, 6.45) is 4.16. The van der Waals surface area contributed by atoms with Crippen molar-refractivity contribution in [1.82, 2.24) is 15.1 Å². The van der Waals surface area contributed by atoms with Crippen LogP contribution in [0, 0.1) is 5.92 Å². The molecule has 0 aromatic carbocycles. The Hall–Kier alpha value is -0.120. The summed E-state index contributed by atoms with van der Waals surface area (Å²) in [6.45, 7) is 9.47. The molecule has 1 N–H and O–H groups in total. The summed E-state index contributed by atoms with van der Waals surface area (Å²) in [6, 6.07) is 0. The van der Waals surface area contributed by atoms with E-state index in [4.69, 9.17) is 0 Å². The van der Waals surface area contributed by atoms with Crippen molar-refractivity contribution < 1.29 is 0 Å². The molecule has 0 amide bonds. The highest BCUT2D eigenvalue weighted by Crippen LogP contribution is 2.27. The Labute approximate surface area is 101 Å². The summed E-state index contributed by atoms with van der Waals surface area (Å²) < 4.78 is 0. The predicted molar refractivity (Wildman–Crippen MR) is 70.9 cm³/mol. The molecule has 1 fully saturated rings. The molecule has 96 valence electrons. The number of rotatable bonds is 10. The van der Waals surface area contributed by atoms with E-state index in [1.807, 2.05) is 0 Å². The van der Waals surface area contributed by atoms with Gasteiger partial charge in [-0.3, -0.25) is 0 Å². The number of hydrogen-bond acceptors (Lipinski definition) is 3. The van der Waals surface area contributed by atoms with Crippen LogP contribution in [-0.4, -0.2) is 63.2 Å². The van der Waals surface area contributed by atoms with Crippen molar-refractivity contribution in [3.05, 3.63) is 0 Å². The molecule has 0 aliphatic heterocycles. The maximum absolute atomic E-state index is 3.57. The topological polar surface area (TPSA) is 18.5 Å². The standard InChI is InChI=1S/C13H29N3/c1-4-8-16(11-10-15(2)3)9-7-14-12-13-5-6-13/h13-14H,4-12H2,1-3H3. The Morgan fingerprint density at radius 2 is 1.81 bits per heavy atom. The van der Waals surface area contributed by atoms with Gasteiger partial charge >= 0.3 is 0 Å². The van der Waals surface area contributed by atoms with Crippen LogP contribution in [0.3, 0.4) is 0 Å². The summed E-state index contributed by atoms with van der Waals surface area (Å²) in [5.74, 6) is 1.00. The van der Waals surface area contributed by atoms with E-state index in [0.717, 1.165) is 12.5 Å². The third-order valence-corrected chi connectivity index (χ3v) is 3.14. The average Bonchev–Trinajstić information content (AvgIpc) is 3.04. The van der Waals surface area contributed by atoms with Gasteiger partial charge in [0.05, 0.1) is 0 Å². The first-order valence-electron chi connectivity index (χ1n) is 6.80. The molecule has 0 radical (unpaired) electrons. The third kappa shape index (κ3) is 7.20. The van der Waals surface area contributed by atoms with E-state index >= 15 is 0 Å². The third-order valence-electron chi connectivity index (χ3n) is 3.14. The molecule has 1 aliphatic carbocycles. The van der Waals surface area contributed by atoms with Gasteiger partial charge in [0.15, 0.2) is 0 Å². The fourth-order valence-corrected chi connectivity index (χ4v) is 1.86.